The summed E-state index contributed by atoms with van der Waals surface area (Å²) < 4.78 is 5.39. The number of nitrogens with zero attached hydrogens (tertiary/aromatic N) is 1. The van der Waals surface area contributed by atoms with E-state index in [1.807, 2.05) is 20.8 Å². The number of aromatic nitrogens is 2. The van der Waals surface area contributed by atoms with Gasteiger partial charge >= 0.3 is 5.97 Å². The van der Waals surface area contributed by atoms with E-state index >= 15 is 0 Å². The predicted molar refractivity (Wildman–Crippen MR) is 68.6 cm³/mol. The molecular formula is C13H21N3O2. The molecule has 2 rings (SSSR count). The molecule has 0 radical (unpaired) electrons. The highest BCUT2D eigenvalue weighted by Crippen LogP contribution is 2.27. The van der Waals surface area contributed by atoms with Gasteiger partial charge in [0, 0.05) is 5.56 Å². The summed E-state index contributed by atoms with van der Waals surface area (Å²) in [6.07, 6.45) is 3.83. The molecule has 2 heterocycles. The summed E-state index contributed by atoms with van der Waals surface area (Å²) in [5.41, 5.74) is 1.02. The molecule has 1 aromatic heterocycles. The Morgan fingerprint density at radius 1 is 1.39 bits per heavy atom. The van der Waals surface area contributed by atoms with E-state index in [-0.39, 0.29) is 5.97 Å². The van der Waals surface area contributed by atoms with Crippen molar-refractivity contribution in [3.05, 3.63) is 17.5 Å². The number of ether oxygens (including phenoxy) is 1. The number of rotatable bonds is 2. The van der Waals surface area contributed by atoms with Crippen LogP contribution in [0.2, 0.25) is 0 Å². The standard InChI is InChI=1S/C13H21N3O2/c1-13(2,3)18-12(17)11-10(8-15-16-11)9-4-6-14-7-5-9/h8-9,14H,4-7H2,1-3H3,(H,15,16). The van der Waals surface area contributed by atoms with Crippen molar-refractivity contribution in [3.8, 4) is 0 Å². The van der Waals surface area contributed by atoms with Gasteiger partial charge in [-0.3, -0.25) is 5.10 Å². The van der Waals surface area contributed by atoms with Gasteiger partial charge in [0.1, 0.15) is 11.3 Å². The van der Waals surface area contributed by atoms with Crippen LogP contribution in [0.4, 0.5) is 0 Å². The van der Waals surface area contributed by atoms with E-state index in [1.165, 1.54) is 0 Å². The summed E-state index contributed by atoms with van der Waals surface area (Å²) in [4.78, 5) is 12.1. The number of aromatic amines is 1. The average Bonchev–Trinajstić information content (AvgIpc) is 2.76. The molecule has 0 atom stereocenters. The van der Waals surface area contributed by atoms with E-state index in [0.29, 0.717) is 11.6 Å². The molecule has 0 aromatic carbocycles. The Kier molecular flexibility index (Phi) is 3.71. The zero-order chi connectivity index (χ0) is 13.2. The third-order valence-corrected chi connectivity index (χ3v) is 3.05. The van der Waals surface area contributed by atoms with E-state index < -0.39 is 5.60 Å². The number of esters is 1. The molecule has 0 aliphatic carbocycles. The van der Waals surface area contributed by atoms with Crippen LogP contribution in [0.15, 0.2) is 6.20 Å². The number of nitrogens with one attached hydrogen (secondary N) is 2. The second kappa shape index (κ2) is 5.10. The summed E-state index contributed by atoms with van der Waals surface area (Å²) in [6.45, 7) is 7.58. The van der Waals surface area contributed by atoms with Gasteiger partial charge in [0.15, 0.2) is 0 Å². The van der Waals surface area contributed by atoms with E-state index in [1.54, 1.807) is 6.20 Å². The smallest absolute Gasteiger partial charge is 0.357 e. The molecule has 5 nitrogen and oxygen atoms in total. The molecule has 1 fully saturated rings. The lowest BCUT2D eigenvalue weighted by atomic mass is 9.90. The van der Waals surface area contributed by atoms with Crippen molar-refractivity contribution in [1.82, 2.24) is 15.5 Å². The Morgan fingerprint density at radius 3 is 2.67 bits per heavy atom. The topological polar surface area (TPSA) is 67.0 Å². The van der Waals surface area contributed by atoms with Crippen LogP contribution in [0.1, 0.15) is 55.6 Å². The monoisotopic (exact) mass is 251 g/mol. The number of hydrogen-bond donors (Lipinski definition) is 2. The third kappa shape index (κ3) is 3.10. The summed E-state index contributed by atoms with van der Waals surface area (Å²) in [7, 11) is 0. The Morgan fingerprint density at radius 2 is 2.06 bits per heavy atom. The Balaban J connectivity index is 2.14. The first-order valence-corrected chi connectivity index (χ1v) is 6.45. The summed E-state index contributed by atoms with van der Waals surface area (Å²) in [5.74, 6) is 0.0843. The largest absolute Gasteiger partial charge is 0.455 e. The molecule has 0 spiro atoms. The highest BCUT2D eigenvalue weighted by atomic mass is 16.6. The molecule has 1 aromatic rings. The minimum absolute atomic E-state index is 0.312. The normalized spacial score (nSPS) is 17.7. The van der Waals surface area contributed by atoms with Gasteiger partial charge in [-0.1, -0.05) is 0 Å². The number of carbonyl (C=O) groups excluding carboxylic acids is 1. The van der Waals surface area contributed by atoms with E-state index in [9.17, 15) is 4.79 Å². The minimum Gasteiger partial charge on any atom is -0.455 e. The fourth-order valence-electron chi connectivity index (χ4n) is 2.23. The van der Waals surface area contributed by atoms with Crippen LogP contribution in [-0.2, 0) is 4.74 Å². The van der Waals surface area contributed by atoms with Crippen molar-refractivity contribution >= 4 is 5.97 Å². The molecule has 5 heteroatoms. The van der Waals surface area contributed by atoms with Gasteiger partial charge in [-0.05, 0) is 52.6 Å². The Bertz CT molecular complexity index is 414. The molecule has 0 amide bonds. The van der Waals surface area contributed by atoms with Crippen molar-refractivity contribution in [3.63, 3.8) is 0 Å². The highest BCUT2D eigenvalue weighted by Gasteiger charge is 2.26. The quantitative estimate of drug-likeness (QED) is 0.787. The Labute approximate surface area is 107 Å². The molecule has 0 saturated carbocycles. The summed E-state index contributed by atoms with van der Waals surface area (Å²) >= 11 is 0. The minimum atomic E-state index is -0.479. The first-order chi connectivity index (χ1) is 8.47. The van der Waals surface area contributed by atoms with E-state index in [0.717, 1.165) is 31.5 Å². The molecule has 2 N–H and O–H groups in total. The van der Waals surface area contributed by atoms with Gasteiger partial charge in [-0.15, -0.1) is 0 Å². The number of H-pyrrole nitrogens is 1. The predicted octanol–water partition coefficient (Wildman–Crippen LogP) is 1.83. The molecule has 0 bridgehead atoms. The van der Waals surface area contributed by atoms with E-state index in [2.05, 4.69) is 15.5 Å². The van der Waals surface area contributed by atoms with Crippen LogP contribution in [0.3, 0.4) is 0 Å². The van der Waals surface area contributed by atoms with Crippen LogP contribution >= 0.6 is 0 Å². The van der Waals surface area contributed by atoms with Crippen LogP contribution in [0.5, 0.6) is 0 Å². The number of piperidine rings is 1. The van der Waals surface area contributed by atoms with Gasteiger partial charge in [0.25, 0.3) is 0 Å². The lowest BCUT2D eigenvalue weighted by Gasteiger charge is -2.23. The maximum atomic E-state index is 12.1. The first kappa shape index (κ1) is 13.1. The van der Waals surface area contributed by atoms with Crippen molar-refractivity contribution in [1.29, 1.82) is 0 Å². The molecule has 18 heavy (non-hydrogen) atoms. The number of carbonyl (C=O) groups is 1. The maximum absolute atomic E-state index is 12.1. The summed E-state index contributed by atoms with van der Waals surface area (Å²) in [5, 5.41) is 10.1. The van der Waals surface area contributed by atoms with Crippen LogP contribution < -0.4 is 5.32 Å². The van der Waals surface area contributed by atoms with Crippen molar-refractivity contribution in [2.24, 2.45) is 0 Å². The van der Waals surface area contributed by atoms with Crippen molar-refractivity contribution in [2.75, 3.05) is 13.1 Å². The lowest BCUT2D eigenvalue weighted by molar-refractivity contribution is 0.00609. The van der Waals surface area contributed by atoms with Gasteiger partial charge in [-0.25, -0.2) is 4.79 Å². The molecule has 100 valence electrons. The maximum Gasteiger partial charge on any atom is 0.357 e. The molecule has 1 aliphatic rings. The molecule has 1 saturated heterocycles. The van der Waals surface area contributed by atoms with Crippen molar-refractivity contribution < 1.29 is 9.53 Å². The van der Waals surface area contributed by atoms with Crippen molar-refractivity contribution in [2.45, 2.75) is 45.1 Å². The zero-order valence-electron chi connectivity index (χ0n) is 11.2. The fraction of sp³-hybridized carbons (Fsp3) is 0.692. The average molecular weight is 251 g/mol. The van der Waals surface area contributed by atoms with Crippen LogP contribution in [0.25, 0.3) is 0 Å². The first-order valence-electron chi connectivity index (χ1n) is 6.45. The van der Waals surface area contributed by atoms with Gasteiger partial charge < -0.3 is 10.1 Å². The van der Waals surface area contributed by atoms with Gasteiger partial charge in [0.2, 0.25) is 0 Å². The lowest BCUT2D eigenvalue weighted by Crippen LogP contribution is -2.28. The number of hydrogen-bond acceptors (Lipinski definition) is 4. The van der Waals surface area contributed by atoms with E-state index in [4.69, 9.17) is 4.74 Å². The third-order valence-electron chi connectivity index (χ3n) is 3.05. The molecule has 1 aliphatic heterocycles. The molecule has 0 unspecified atom stereocenters. The second-order valence-corrected chi connectivity index (χ2v) is 5.73. The second-order valence-electron chi connectivity index (χ2n) is 5.73. The Hall–Kier alpha value is -1.36. The molecular weight excluding hydrogens is 230 g/mol. The van der Waals surface area contributed by atoms with Gasteiger partial charge in [0.05, 0.1) is 6.20 Å². The van der Waals surface area contributed by atoms with Gasteiger partial charge in [-0.2, -0.15) is 5.10 Å². The SMILES string of the molecule is CC(C)(C)OC(=O)c1[nH]ncc1C1CCNCC1. The fourth-order valence-corrected chi connectivity index (χ4v) is 2.23. The van der Waals surface area contributed by atoms with Crippen LogP contribution in [-0.4, -0.2) is 34.9 Å². The highest BCUT2D eigenvalue weighted by molar-refractivity contribution is 5.89. The summed E-state index contributed by atoms with van der Waals surface area (Å²) in [6, 6.07) is 0. The van der Waals surface area contributed by atoms with Crippen LogP contribution in [0, 0.1) is 0 Å². The zero-order valence-corrected chi connectivity index (χ0v) is 11.2.